The van der Waals surface area contributed by atoms with Gasteiger partial charge in [0.1, 0.15) is 0 Å². The molecular formula is C16H32S2. The topological polar surface area (TPSA) is 0 Å². The summed E-state index contributed by atoms with van der Waals surface area (Å²) in [7, 11) is 0. The van der Waals surface area contributed by atoms with Crippen molar-refractivity contribution in [2.45, 2.75) is 88.6 Å². The lowest BCUT2D eigenvalue weighted by molar-refractivity contribution is 0.527. The predicted molar refractivity (Wildman–Crippen MR) is 90.0 cm³/mol. The molecule has 0 atom stereocenters. The van der Waals surface area contributed by atoms with Gasteiger partial charge in [0.2, 0.25) is 0 Å². The minimum atomic E-state index is 0.995. The van der Waals surface area contributed by atoms with Crippen LogP contribution in [0.2, 0.25) is 0 Å². The summed E-state index contributed by atoms with van der Waals surface area (Å²) in [6, 6.07) is 0. The molecule has 1 aliphatic rings. The third-order valence-corrected chi connectivity index (χ3v) is 6.76. The third-order valence-electron chi connectivity index (χ3n) is 3.82. The standard InChI is InChI=1S/C16H32S2/c1-3-5-7-13-17-15-9-11-16(12-10-15)18-14-8-6-4-2/h15-16H,3-14H2,1-2H3. The maximum atomic E-state index is 2.30. The van der Waals surface area contributed by atoms with Crippen molar-refractivity contribution in [2.75, 3.05) is 11.5 Å². The Morgan fingerprint density at radius 3 is 1.39 bits per heavy atom. The van der Waals surface area contributed by atoms with Crippen molar-refractivity contribution in [3.63, 3.8) is 0 Å². The number of unbranched alkanes of at least 4 members (excludes halogenated alkanes) is 4. The molecule has 0 bridgehead atoms. The van der Waals surface area contributed by atoms with Crippen LogP contribution in [0.25, 0.3) is 0 Å². The number of thioether (sulfide) groups is 2. The van der Waals surface area contributed by atoms with Crippen LogP contribution < -0.4 is 0 Å². The maximum Gasteiger partial charge on any atom is 0.00478 e. The molecule has 0 unspecified atom stereocenters. The fourth-order valence-corrected chi connectivity index (χ4v) is 5.19. The van der Waals surface area contributed by atoms with E-state index in [4.69, 9.17) is 0 Å². The van der Waals surface area contributed by atoms with Crippen molar-refractivity contribution in [2.24, 2.45) is 0 Å². The Morgan fingerprint density at radius 2 is 1.06 bits per heavy atom. The molecule has 0 aliphatic heterocycles. The van der Waals surface area contributed by atoms with Gasteiger partial charge in [0.15, 0.2) is 0 Å². The number of hydrogen-bond donors (Lipinski definition) is 0. The van der Waals surface area contributed by atoms with Gasteiger partial charge in [-0.15, -0.1) is 0 Å². The van der Waals surface area contributed by atoms with E-state index in [0.29, 0.717) is 0 Å². The van der Waals surface area contributed by atoms with Crippen LogP contribution in [0.15, 0.2) is 0 Å². The quantitative estimate of drug-likeness (QED) is 0.442. The molecular weight excluding hydrogens is 256 g/mol. The third kappa shape index (κ3) is 7.99. The summed E-state index contributed by atoms with van der Waals surface area (Å²) in [5.74, 6) is 2.82. The fraction of sp³-hybridized carbons (Fsp3) is 1.00. The second-order valence-electron chi connectivity index (χ2n) is 5.55. The van der Waals surface area contributed by atoms with Crippen LogP contribution in [-0.2, 0) is 0 Å². The van der Waals surface area contributed by atoms with Gasteiger partial charge < -0.3 is 0 Å². The van der Waals surface area contributed by atoms with Crippen LogP contribution in [0, 0.1) is 0 Å². The van der Waals surface area contributed by atoms with Gasteiger partial charge in [0.05, 0.1) is 0 Å². The van der Waals surface area contributed by atoms with E-state index in [1.165, 1.54) is 75.7 Å². The molecule has 0 N–H and O–H groups in total. The summed E-state index contributed by atoms with van der Waals surface area (Å²) in [6.07, 6.45) is 14.4. The number of rotatable bonds is 10. The lowest BCUT2D eigenvalue weighted by Crippen LogP contribution is -2.18. The first-order valence-electron chi connectivity index (χ1n) is 8.10. The molecule has 0 aromatic carbocycles. The zero-order valence-corrected chi connectivity index (χ0v) is 14.1. The largest absolute Gasteiger partial charge is 0.159 e. The molecule has 1 fully saturated rings. The van der Waals surface area contributed by atoms with Gasteiger partial charge in [0, 0.05) is 10.5 Å². The maximum absolute atomic E-state index is 2.30. The van der Waals surface area contributed by atoms with Crippen LogP contribution in [0.1, 0.15) is 78.1 Å². The monoisotopic (exact) mass is 288 g/mol. The van der Waals surface area contributed by atoms with Crippen molar-refractivity contribution in [1.29, 1.82) is 0 Å². The van der Waals surface area contributed by atoms with Gasteiger partial charge in [0.25, 0.3) is 0 Å². The van der Waals surface area contributed by atoms with Gasteiger partial charge in [-0.1, -0.05) is 39.5 Å². The second kappa shape index (κ2) is 11.5. The van der Waals surface area contributed by atoms with Gasteiger partial charge >= 0.3 is 0 Å². The van der Waals surface area contributed by atoms with E-state index >= 15 is 0 Å². The molecule has 0 spiro atoms. The van der Waals surface area contributed by atoms with Gasteiger partial charge in [-0.2, -0.15) is 23.5 Å². The summed E-state index contributed by atoms with van der Waals surface area (Å²) >= 11 is 4.52. The van der Waals surface area contributed by atoms with Gasteiger partial charge in [-0.3, -0.25) is 0 Å². The molecule has 1 rings (SSSR count). The van der Waals surface area contributed by atoms with Crippen LogP contribution in [0.4, 0.5) is 0 Å². The normalized spacial score (nSPS) is 24.3. The molecule has 0 aromatic rings. The van der Waals surface area contributed by atoms with E-state index in [2.05, 4.69) is 37.4 Å². The Hall–Kier alpha value is 0.700. The zero-order chi connectivity index (χ0) is 13.1. The highest BCUT2D eigenvalue weighted by Gasteiger charge is 2.21. The molecule has 18 heavy (non-hydrogen) atoms. The molecule has 0 saturated heterocycles. The highest BCUT2D eigenvalue weighted by Crippen LogP contribution is 2.34. The van der Waals surface area contributed by atoms with Crippen LogP contribution in [0.3, 0.4) is 0 Å². The Kier molecular flexibility index (Phi) is 10.7. The van der Waals surface area contributed by atoms with Crippen molar-refractivity contribution in [3.05, 3.63) is 0 Å². The van der Waals surface area contributed by atoms with E-state index in [9.17, 15) is 0 Å². The first kappa shape index (κ1) is 16.8. The van der Waals surface area contributed by atoms with Crippen molar-refractivity contribution in [3.8, 4) is 0 Å². The Labute approximate surface area is 123 Å². The fourth-order valence-electron chi connectivity index (χ4n) is 2.57. The first-order chi connectivity index (χ1) is 8.86. The number of hydrogen-bond acceptors (Lipinski definition) is 2. The van der Waals surface area contributed by atoms with E-state index < -0.39 is 0 Å². The molecule has 0 radical (unpaired) electrons. The molecule has 0 aromatic heterocycles. The minimum absolute atomic E-state index is 0.995. The van der Waals surface area contributed by atoms with Gasteiger partial charge in [-0.25, -0.2) is 0 Å². The minimum Gasteiger partial charge on any atom is -0.159 e. The molecule has 0 amide bonds. The lowest BCUT2D eigenvalue weighted by atomic mass is 10.00. The van der Waals surface area contributed by atoms with E-state index in [-0.39, 0.29) is 0 Å². The molecule has 2 heteroatoms. The van der Waals surface area contributed by atoms with Crippen LogP contribution in [-0.4, -0.2) is 22.0 Å². The average molecular weight is 289 g/mol. The molecule has 108 valence electrons. The first-order valence-corrected chi connectivity index (χ1v) is 10.2. The lowest BCUT2D eigenvalue weighted by Gasteiger charge is -2.27. The average Bonchev–Trinajstić information content (AvgIpc) is 2.41. The van der Waals surface area contributed by atoms with E-state index in [0.717, 1.165) is 10.5 Å². The van der Waals surface area contributed by atoms with E-state index in [1.807, 2.05) is 0 Å². The van der Waals surface area contributed by atoms with Crippen LogP contribution >= 0.6 is 23.5 Å². The van der Waals surface area contributed by atoms with Crippen molar-refractivity contribution < 1.29 is 0 Å². The smallest absolute Gasteiger partial charge is 0.00478 e. The highest BCUT2D eigenvalue weighted by atomic mass is 32.2. The summed E-state index contributed by atoms with van der Waals surface area (Å²) < 4.78 is 0. The zero-order valence-electron chi connectivity index (χ0n) is 12.5. The summed E-state index contributed by atoms with van der Waals surface area (Å²) in [4.78, 5) is 0. The molecule has 1 saturated carbocycles. The SMILES string of the molecule is CCCCCSC1CCC(SCCCCC)CC1. The molecule has 0 heterocycles. The highest BCUT2D eigenvalue weighted by molar-refractivity contribution is 8.00. The Balaban J connectivity index is 1.95. The summed E-state index contributed by atoms with van der Waals surface area (Å²) in [5.41, 5.74) is 0. The molecule has 0 nitrogen and oxygen atoms in total. The second-order valence-corrected chi connectivity index (χ2v) is 8.37. The Bertz CT molecular complexity index is 154. The van der Waals surface area contributed by atoms with Crippen molar-refractivity contribution in [1.82, 2.24) is 0 Å². The Morgan fingerprint density at radius 1 is 0.667 bits per heavy atom. The van der Waals surface area contributed by atoms with Crippen LogP contribution in [0.5, 0.6) is 0 Å². The summed E-state index contributed by atoms with van der Waals surface area (Å²) in [6.45, 7) is 4.59. The predicted octanol–water partition coefficient (Wildman–Crippen LogP) is 6.14. The summed E-state index contributed by atoms with van der Waals surface area (Å²) in [5, 5.41) is 1.99. The van der Waals surface area contributed by atoms with Gasteiger partial charge in [-0.05, 0) is 50.0 Å². The van der Waals surface area contributed by atoms with E-state index in [1.54, 1.807) is 0 Å². The molecule has 1 aliphatic carbocycles. The van der Waals surface area contributed by atoms with Crippen molar-refractivity contribution >= 4 is 23.5 Å².